The normalized spacial score (nSPS) is 10.1. The van der Waals surface area contributed by atoms with E-state index in [4.69, 9.17) is 11.6 Å². The molecular formula is C13H12ClN3O. The third kappa shape index (κ3) is 2.99. The number of nitrogens with one attached hydrogen (secondary N) is 1. The molecule has 1 aromatic carbocycles. The van der Waals surface area contributed by atoms with Gasteiger partial charge in [0.05, 0.1) is 12.2 Å². The minimum absolute atomic E-state index is 0.177. The van der Waals surface area contributed by atoms with Crippen molar-refractivity contribution in [3.63, 3.8) is 0 Å². The highest BCUT2D eigenvalue weighted by Crippen LogP contribution is 2.08. The van der Waals surface area contributed by atoms with Crippen molar-refractivity contribution in [1.82, 2.24) is 15.1 Å². The summed E-state index contributed by atoms with van der Waals surface area (Å²) in [6.45, 7) is 3.77. The second-order valence-electron chi connectivity index (χ2n) is 3.70. The summed E-state index contributed by atoms with van der Waals surface area (Å²) in [5.74, 6) is -0.177. The van der Waals surface area contributed by atoms with E-state index in [1.165, 1.54) is 0 Å². The van der Waals surface area contributed by atoms with Crippen LogP contribution in [0.3, 0.4) is 0 Å². The highest BCUT2D eigenvalue weighted by molar-refractivity contribution is 6.29. The van der Waals surface area contributed by atoms with Gasteiger partial charge in [-0.2, -0.15) is 5.10 Å². The fourth-order valence-corrected chi connectivity index (χ4v) is 1.53. The standard InChI is InChI=1S/C13H12ClN3O/c1-10(14)9-15-13(18)11-3-5-12(6-4-11)17-8-2-7-16-17/h2-8H,1,9H2,(H,15,18). The molecule has 0 radical (unpaired) electrons. The molecule has 1 amide bonds. The summed E-state index contributed by atoms with van der Waals surface area (Å²) in [5, 5.41) is 7.17. The van der Waals surface area contributed by atoms with Crippen molar-refractivity contribution in [3.8, 4) is 5.69 Å². The number of halogens is 1. The minimum Gasteiger partial charge on any atom is -0.347 e. The lowest BCUT2D eigenvalue weighted by molar-refractivity contribution is 0.0957. The Morgan fingerprint density at radius 1 is 1.39 bits per heavy atom. The van der Waals surface area contributed by atoms with E-state index in [1.807, 2.05) is 24.4 Å². The number of hydrogen-bond acceptors (Lipinski definition) is 2. The van der Waals surface area contributed by atoms with Gasteiger partial charge in [-0.15, -0.1) is 0 Å². The number of rotatable bonds is 4. The molecule has 1 N–H and O–H groups in total. The van der Waals surface area contributed by atoms with Crippen molar-refractivity contribution in [3.05, 3.63) is 59.9 Å². The molecule has 92 valence electrons. The molecule has 1 aromatic heterocycles. The zero-order valence-corrected chi connectivity index (χ0v) is 10.4. The van der Waals surface area contributed by atoms with Gasteiger partial charge in [0.15, 0.2) is 0 Å². The van der Waals surface area contributed by atoms with Crippen LogP contribution in [0.25, 0.3) is 5.69 Å². The molecule has 5 heteroatoms. The molecule has 0 saturated heterocycles. The van der Waals surface area contributed by atoms with Crippen LogP contribution in [0.1, 0.15) is 10.4 Å². The topological polar surface area (TPSA) is 46.9 Å². The smallest absolute Gasteiger partial charge is 0.251 e. The van der Waals surface area contributed by atoms with Crippen LogP contribution in [0.4, 0.5) is 0 Å². The first-order chi connectivity index (χ1) is 8.66. The lowest BCUT2D eigenvalue weighted by atomic mass is 10.2. The van der Waals surface area contributed by atoms with Crippen molar-refractivity contribution < 1.29 is 4.79 Å². The highest BCUT2D eigenvalue weighted by Gasteiger charge is 2.05. The van der Waals surface area contributed by atoms with Crippen molar-refractivity contribution >= 4 is 17.5 Å². The first-order valence-corrected chi connectivity index (χ1v) is 5.76. The van der Waals surface area contributed by atoms with E-state index in [9.17, 15) is 4.79 Å². The molecule has 0 unspecified atom stereocenters. The van der Waals surface area contributed by atoms with Crippen molar-refractivity contribution in [2.75, 3.05) is 6.54 Å². The van der Waals surface area contributed by atoms with E-state index < -0.39 is 0 Å². The lowest BCUT2D eigenvalue weighted by Gasteiger charge is -2.05. The predicted octanol–water partition coefficient (Wildman–Crippen LogP) is 2.35. The summed E-state index contributed by atoms with van der Waals surface area (Å²) < 4.78 is 1.72. The summed E-state index contributed by atoms with van der Waals surface area (Å²) in [7, 11) is 0. The summed E-state index contributed by atoms with van der Waals surface area (Å²) in [5.41, 5.74) is 1.47. The van der Waals surface area contributed by atoms with Crippen LogP contribution in [0.15, 0.2) is 54.3 Å². The molecular weight excluding hydrogens is 250 g/mol. The number of nitrogens with zero attached hydrogens (tertiary/aromatic N) is 2. The van der Waals surface area contributed by atoms with E-state index in [2.05, 4.69) is 17.0 Å². The van der Waals surface area contributed by atoms with Gasteiger partial charge < -0.3 is 5.32 Å². The van der Waals surface area contributed by atoms with Gasteiger partial charge in [0.25, 0.3) is 5.91 Å². The van der Waals surface area contributed by atoms with Crippen LogP contribution in [-0.4, -0.2) is 22.2 Å². The Hall–Kier alpha value is -2.07. The monoisotopic (exact) mass is 261 g/mol. The van der Waals surface area contributed by atoms with Gasteiger partial charge >= 0.3 is 0 Å². The van der Waals surface area contributed by atoms with Crippen molar-refractivity contribution in [2.24, 2.45) is 0 Å². The van der Waals surface area contributed by atoms with Crippen LogP contribution >= 0.6 is 11.6 Å². The Labute approximate surface area is 110 Å². The van der Waals surface area contributed by atoms with Gasteiger partial charge in [-0.05, 0) is 30.3 Å². The van der Waals surface area contributed by atoms with E-state index in [0.717, 1.165) is 5.69 Å². The number of aromatic nitrogens is 2. The quantitative estimate of drug-likeness (QED) is 0.918. The average Bonchev–Trinajstić information content (AvgIpc) is 2.90. The first kappa shape index (κ1) is 12.4. The predicted molar refractivity (Wildman–Crippen MR) is 70.9 cm³/mol. The Kier molecular flexibility index (Phi) is 3.79. The number of carbonyl (C=O) groups excluding carboxylic acids is 1. The van der Waals surface area contributed by atoms with E-state index in [0.29, 0.717) is 10.6 Å². The fourth-order valence-electron chi connectivity index (χ4n) is 1.47. The summed E-state index contributed by atoms with van der Waals surface area (Å²) in [6.07, 6.45) is 3.54. The number of hydrogen-bond donors (Lipinski definition) is 1. The largest absolute Gasteiger partial charge is 0.347 e. The molecule has 0 atom stereocenters. The van der Waals surface area contributed by atoms with Gasteiger partial charge in [0.1, 0.15) is 0 Å². The lowest BCUT2D eigenvalue weighted by Crippen LogP contribution is -2.24. The summed E-state index contributed by atoms with van der Waals surface area (Å²) in [4.78, 5) is 11.7. The molecule has 2 rings (SSSR count). The molecule has 1 heterocycles. The SMILES string of the molecule is C=C(Cl)CNC(=O)c1ccc(-n2cccn2)cc1. The Balaban J connectivity index is 2.08. The molecule has 0 aliphatic rings. The zero-order valence-electron chi connectivity index (χ0n) is 9.64. The van der Waals surface area contributed by atoms with Gasteiger partial charge in [0, 0.05) is 23.0 Å². The Morgan fingerprint density at radius 3 is 2.67 bits per heavy atom. The molecule has 0 fully saturated rings. The van der Waals surface area contributed by atoms with Crippen molar-refractivity contribution in [1.29, 1.82) is 0 Å². The van der Waals surface area contributed by atoms with Crippen LogP contribution in [-0.2, 0) is 0 Å². The minimum atomic E-state index is -0.177. The molecule has 2 aromatic rings. The van der Waals surface area contributed by atoms with Gasteiger partial charge in [-0.3, -0.25) is 4.79 Å². The second kappa shape index (κ2) is 5.51. The van der Waals surface area contributed by atoms with Crippen LogP contribution in [0.2, 0.25) is 0 Å². The molecule has 0 spiro atoms. The second-order valence-corrected chi connectivity index (χ2v) is 4.23. The third-order valence-corrected chi connectivity index (χ3v) is 2.47. The highest BCUT2D eigenvalue weighted by atomic mass is 35.5. The molecule has 0 bridgehead atoms. The maximum atomic E-state index is 11.7. The number of benzene rings is 1. The molecule has 0 aliphatic carbocycles. The fraction of sp³-hybridized carbons (Fsp3) is 0.0769. The molecule has 4 nitrogen and oxygen atoms in total. The van der Waals surface area contributed by atoms with Gasteiger partial charge in [-0.25, -0.2) is 4.68 Å². The van der Waals surface area contributed by atoms with Gasteiger partial charge in [0.2, 0.25) is 0 Å². The maximum absolute atomic E-state index is 11.7. The Bertz CT molecular complexity index is 546. The molecule has 18 heavy (non-hydrogen) atoms. The van der Waals surface area contributed by atoms with E-state index >= 15 is 0 Å². The third-order valence-electron chi connectivity index (χ3n) is 2.34. The number of amides is 1. The van der Waals surface area contributed by atoms with Crippen LogP contribution in [0.5, 0.6) is 0 Å². The average molecular weight is 262 g/mol. The van der Waals surface area contributed by atoms with Gasteiger partial charge in [-0.1, -0.05) is 18.2 Å². The maximum Gasteiger partial charge on any atom is 0.251 e. The summed E-state index contributed by atoms with van der Waals surface area (Å²) in [6, 6.07) is 8.98. The zero-order chi connectivity index (χ0) is 13.0. The molecule has 0 aliphatic heterocycles. The number of carbonyl (C=O) groups is 1. The Morgan fingerprint density at radius 2 is 2.11 bits per heavy atom. The van der Waals surface area contributed by atoms with E-state index in [-0.39, 0.29) is 12.5 Å². The van der Waals surface area contributed by atoms with Crippen LogP contribution in [0, 0.1) is 0 Å². The molecule has 0 saturated carbocycles. The first-order valence-electron chi connectivity index (χ1n) is 5.38. The summed E-state index contributed by atoms with van der Waals surface area (Å²) >= 11 is 5.58. The van der Waals surface area contributed by atoms with E-state index in [1.54, 1.807) is 23.0 Å². The van der Waals surface area contributed by atoms with Crippen molar-refractivity contribution in [2.45, 2.75) is 0 Å². The van der Waals surface area contributed by atoms with Crippen LogP contribution < -0.4 is 5.32 Å².